The predicted molar refractivity (Wildman–Crippen MR) is 64.9 cm³/mol. The van der Waals surface area contributed by atoms with Gasteiger partial charge in [-0.15, -0.1) is 0 Å². The maximum absolute atomic E-state index is 9.49. The Bertz CT molecular complexity index is 284. The van der Waals surface area contributed by atoms with Crippen LogP contribution >= 0.6 is 0 Å². The molecule has 0 bridgehead atoms. The maximum atomic E-state index is 9.49. The molecule has 2 heteroatoms. The molecule has 0 atom stereocenters. The Hall–Kier alpha value is -0.763. The molecule has 0 radical (unpaired) electrons. The SMILES string of the molecule is CC[Si](CC)(CC)c1cccc(O)c1. The molecule has 0 aliphatic rings. The third-order valence-corrected chi connectivity index (χ3v) is 9.09. The lowest BCUT2D eigenvalue weighted by Gasteiger charge is -2.28. The molecular weight excluding hydrogens is 188 g/mol. The van der Waals surface area contributed by atoms with Gasteiger partial charge in [0.25, 0.3) is 0 Å². The molecule has 0 saturated heterocycles. The minimum atomic E-state index is -1.28. The van der Waals surface area contributed by atoms with E-state index in [1.165, 1.54) is 23.3 Å². The van der Waals surface area contributed by atoms with Gasteiger partial charge in [-0.1, -0.05) is 56.2 Å². The minimum Gasteiger partial charge on any atom is -0.508 e. The largest absolute Gasteiger partial charge is 0.508 e. The van der Waals surface area contributed by atoms with Crippen molar-refractivity contribution in [2.45, 2.75) is 38.9 Å². The highest BCUT2D eigenvalue weighted by Crippen LogP contribution is 2.21. The molecule has 0 fully saturated rings. The van der Waals surface area contributed by atoms with Crippen LogP contribution in [0.2, 0.25) is 18.1 Å². The Morgan fingerprint density at radius 3 is 2.07 bits per heavy atom. The highest BCUT2D eigenvalue weighted by Gasteiger charge is 2.28. The summed E-state index contributed by atoms with van der Waals surface area (Å²) in [6.07, 6.45) is 0. The van der Waals surface area contributed by atoms with Crippen molar-refractivity contribution in [3.63, 3.8) is 0 Å². The fourth-order valence-electron chi connectivity index (χ4n) is 2.20. The molecule has 1 N–H and O–H groups in total. The molecule has 1 aromatic carbocycles. The van der Waals surface area contributed by atoms with Crippen LogP contribution in [0.5, 0.6) is 5.75 Å². The van der Waals surface area contributed by atoms with E-state index in [0.29, 0.717) is 5.75 Å². The molecule has 14 heavy (non-hydrogen) atoms. The second kappa shape index (κ2) is 4.65. The molecule has 0 aliphatic heterocycles. The van der Waals surface area contributed by atoms with Crippen LogP contribution in [0.25, 0.3) is 0 Å². The van der Waals surface area contributed by atoms with Gasteiger partial charge in [-0.25, -0.2) is 0 Å². The van der Waals surface area contributed by atoms with Crippen molar-refractivity contribution in [3.8, 4) is 5.75 Å². The van der Waals surface area contributed by atoms with E-state index in [-0.39, 0.29) is 0 Å². The quantitative estimate of drug-likeness (QED) is 0.754. The minimum absolute atomic E-state index is 0.412. The molecule has 78 valence electrons. The van der Waals surface area contributed by atoms with Gasteiger partial charge in [-0.05, 0) is 12.1 Å². The number of rotatable bonds is 4. The molecule has 0 aromatic heterocycles. The summed E-state index contributed by atoms with van der Waals surface area (Å²) in [6.45, 7) is 6.84. The topological polar surface area (TPSA) is 20.2 Å². The Morgan fingerprint density at radius 1 is 1.07 bits per heavy atom. The summed E-state index contributed by atoms with van der Waals surface area (Å²) >= 11 is 0. The van der Waals surface area contributed by atoms with Gasteiger partial charge in [0.05, 0.1) is 8.07 Å². The molecule has 1 aromatic rings. The van der Waals surface area contributed by atoms with Crippen LogP contribution in [0, 0.1) is 0 Å². The van der Waals surface area contributed by atoms with Crippen molar-refractivity contribution >= 4 is 13.3 Å². The van der Waals surface area contributed by atoms with E-state index < -0.39 is 8.07 Å². The van der Waals surface area contributed by atoms with Crippen LogP contribution in [0.3, 0.4) is 0 Å². The van der Waals surface area contributed by atoms with Crippen LogP contribution in [0.1, 0.15) is 20.8 Å². The van der Waals surface area contributed by atoms with Gasteiger partial charge in [-0.2, -0.15) is 0 Å². The number of hydrogen-bond acceptors (Lipinski definition) is 1. The zero-order valence-corrected chi connectivity index (χ0v) is 10.4. The molecule has 1 nitrogen and oxygen atoms in total. The van der Waals surface area contributed by atoms with Gasteiger partial charge in [-0.3, -0.25) is 0 Å². The molecule has 0 unspecified atom stereocenters. The van der Waals surface area contributed by atoms with E-state index in [4.69, 9.17) is 0 Å². The van der Waals surface area contributed by atoms with Crippen LogP contribution in [-0.2, 0) is 0 Å². The second-order valence-corrected chi connectivity index (χ2v) is 9.15. The molecule has 0 heterocycles. The summed E-state index contributed by atoms with van der Waals surface area (Å²) in [5, 5.41) is 10.9. The van der Waals surface area contributed by atoms with Gasteiger partial charge < -0.3 is 5.11 Å². The van der Waals surface area contributed by atoms with Crippen LogP contribution in [-0.4, -0.2) is 13.2 Å². The number of phenols is 1. The van der Waals surface area contributed by atoms with E-state index in [1.807, 2.05) is 12.1 Å². The van der Waals surface area contributed by atoms with Crippen molar-refractivity contribution in [2.75, 3.05) is 0 Å². The first-order chi connectivity index (χ1) is 6.68. The predicted octanol–water partition coefficient (Wildman–Crippen LogP) is 3.11. The van der Waals surface area contributed by atoms with Gasteiger partial charge in [0, 0.05) is 0 Å². The first-order valence-electron chi connectivity index (χ1n) is 5.48. The molecule has 0 spiro atoms. The average molecular weight is 208 g/mol. The average Bonchev–Trinajstić information content (AvgIpc) is 2.22. The van der Waals surface area contributed by atoms with Crippen molar-refractivity contribution in [2.24, 2.45) is 0 Å². The molecular formula is C12H20OSi. The van der Waals surface area contributed by atoms with Crippen molar-refractivity contribution in [1.82, 2.24) is 0 Å². The Labute approximate surface area is 87.8 Å². The van der Waals surface area contributed by atoms with Crippen molar-refractivity contribution < 1.29 is 5.11 Å². The molecule has 0 saturated carbocycles. The smallest absolute Gasteiger partial charge is 0.115 e. The Kier molecular flexibility index (Phi) is 3.75. The number of aromatic hydroxyl groups is 1. The Morgan fingerprint density at radius 2 is 1.64 bits per heavy atom. The summed E-state index contributed by atoms with van der Waals surface area (Å²) < 4.78 is 0. The lowest BCUT2D eigenvalue weighted by atomic mass is 10.3. The van der Waals surface area contributed by atoms with E-state index >= 15 is 0 Å². The zero-order valence-electron chi connectivity index (χ0n) is 9.38. The Balaban J connectivity index is 3.10. The van der Waals surface area contributed by atoms with Crippen molar-refractivity contribution in [3.05, 3.63) is 24.3 Å². The fraction of sp³-hybridized carbons (Fsp3) is 0.500. The number of hydrogen-bond donors (Lipinski definition) is 1. The second-order valence-electron chi connectivity index (χ2n) is 3.89. The van der Waals surface area contributed by atoms with E-state index in [2.05, 4.69) is 26.8 Å². The van der Waals surface area contributed by atoms with Crippen LogP contribution < -0.4 is 5.19 Å². The summed E-state index contributed by atoms with van der Waals surface area (Å²) in [7, 11) is -1.28. The van der Waals surface area contributed by atoms with Gasteiger partial charge >= 0.3 is 0 Å². The summed E-state index contributed by atoms with van der Waals surface area (Å²) in [4.78, 5) is 0. The van der Waals surface area contributed by atoms with E-state index in [1.54, 1.807) is 6.07 Å². The molecule has 1 rings (SSSR count). The lowest BCUT2D eigenvalue weighted by molar-refractivity contribution is 0.476. The van der Waals surface area contributed by atoms with Crippen LogP contribution in [0.15, 0.2) is 24.3 Å². The third-order valence-electron chi connectivity index (χ3n) is 3.49. The summed E-state index contributed by atoms with van der Waals surface area (Å²) in [5.41, 5.74) is 0. The maximum Gasteiger partial charge on any atom is 0.115 e. The van der Waals surface area contributed by atoms with Crippen LogP contribution in [0.4, 0.5) is 0 Å². The van der Waals surface area contributed by atoms with Crippen molar-refractivity contribution in [1.29, 1.82) is 0 Å². The standard InChI is InChI=1S/C12H20OSi/c1-4-14(5-2,6-3)12-9-7-8-11(13)10-12/h7-10,13H,4-6H2,1-3H3. The lowest BCUT2D eigenvalue weighted by Crippen LogP contribution is -2.45. The molecule has 0 amide bonds. The van der Waals surface area contributed by atoms with E-state index in [9.17, 15) is 5.11 Å². The summed E-state index contributed by atoms with van der Waals surface area (Å²) in [6, 6.07) is 11.7. The van der Waals surface area contributed by atoms with Gasteiger partial charge in [0.2, 0.25) is 0 Å². The van der Waals surface area contributed by atoms with Gasteiger partial charge in [0.15, 0.2) is 0 Å². The number of benzene rings is 1. The fourth-order valence-corrected chi connectivity index (χ4v) is 5.83. The monoisotopic (exact) mass is 208 g/mol. The summed E-state index contributed by atoms with van der Waals surface area (Å²) in [5.74, 6) is 0.412. The first-order valence-corrected chi connectivity index (χ1v) is 8.10. The van der Waals surface area contributed by atoms with E-state index in [0.717, 1.165) is 0 Å². The molecule has 0 aliphatic carbocycles. The first kappa shape index (κ1) is 11.3. The zero-order chi connectivity index (χ0) is 10.6. The number of phenolic OH excluding ortho intramolecular Hbond substituents is 1. The third kappa shape index (κ3) is 2.00. The normalized spacial score (nSPS) is 11.6. The highest BCUT2D eigenvalue weighted by molar-refractivity contribution is 6.91. The van der Waals surface area contributed by atoms with Gasteiger partial charge in [0.1, 0.15) is 5.75 Å². The highest BCUT2D eigenvalue weighted by atomic mass is 28.3.